The van der Waals surface area contributed by atoms with Gasteiger partial charge in [0, 0.05) is 13.0 Å². The van der Waals surface area contributed by atoms with Crippen LogP contribution in [0.4, 0.5) is 13.2 Å². The van der Waals surface area contributed by atoms with Crippen molar-refractivity contribution in [3.8, 4) is 5.75 Å². The number of rotatable bonds is 8. The van der Waals surface area contributed by atoms with Gasteiger partial charge in [-0.15, -0.1) is 25.6 Å². The molecule has 0 saturated heterocycles. The summed E-state index contributed by atoms with van der Waals surface area (Å²) in [5.41, 5.74) is 0.361. The van der Waals surface area contributed by atoms with E-state index in [1.165, 1.54) is 18.2 Å². The highest BCUT2D eigenvalue weighted by molar-refractivity contribution is 5.85. The molecule has 0 aliphatic rings. The zero-order valence-electron chi connectivity index (χ0n) is 12.2. The summed E-state index contributed by atoms with van der Waals surface area (Å²) in [4.78, 5) is 11.6. The Balaban J connectivity index is 0.00000441. The van der Waals surface area contributed by atoms with Gasteiger partial charge in [0.1, 0.15) is 5.75 Å². The van der Waals surface area contributed by atoms with Crippen molar-refractivity contribution < 1.29 is 22.7 Å². The monoisotopic (exact) mass is 340 g/mol. The predicted octanol–water partition coefficient (Wildman–Crippen LogP) is 2.67. The Morgan fingerprint density at radius 3 is 2.55 bits per heavy atom. The quantitative estimate of drug-likeness (QED) is 0.715. The Hall–Kier alpha value is -1.47. The molecular formula is C14H20ClF3N2O2. The van der Waals surface area contributed by atoms with Gasteiger partial charge >= 0.3 is 6.36 Å². The molecule has 4 nitrogen and oxygen atoms in total. The largest absolute Gasteiger partial charge is 0.573 e. The van der Waals surface area contributed by atoms with Crippen molar-refractivity contribution in [2.75, 3.05) is 20.1 Å². The molecule has 0 unspecified atom stereocenters. The number of nitrogens with one attached hydrogen (secondary N) is 2. The van der Waals surface area contributed by atoms with Crippen LogP contribution in [0, 0.1) is 0 Å². The van der Waals surface area contributed by atoms with E-state index in [-0.39, 0.29) is 36.9 Å². The topological polar surface area (TPSA) is 50.4 Å². The maximum Gasteiger partial charge on any atom is 0.573 e. The minimum Gasteiger partial charge on any atom is -0.406 e. The lowest BCUT2D eigenvalue weighted by atomic mass is 10.1. The average molecular weight is 341 g/mol. The molecule has 0 saturated carbocycles. The number of carbonyl (C=O) groups excluding carboxylic acids is 1. The maximum absolute atomic E-state index is 12.3. The molecule has 126 valence electrons. The van der Waals surface area contributed by atoms with Crippen LogP contribution in [0.2, 0.25) is 0 Å². The third-order valence-corrected chi connectivity index (χ3v) is 2.75. The maximum atomic E-state index is 12.3. The van der Waals surface area contributed by atoms with Gasteiger partial charge in [-0.2, -0.15) is 0 Å². The summed E-state index contributed by atoms with van der Waals surface area (Å²) in [6.45, 7) is 1.34. The molecule has 1 aromatic rings. The molecule has 0 heterocycles. The number of ether oxygens (including phenoxy) is 1. The summed E-state index contributed by atoms with van der Waals surface area (Å²) in [6, 6.07) is 5.84. The summed E-state index contributed by atoms with van der Waals surface area (Å²) in [7, 11) is 1.82. The van der Waals surface area contributed by atoms with E-state index >= 15 is 0 Å². The number of benzene rings is 1. The molecule has 0 aliphatic carbocycles. The number of amides is 1. The number of alkyl halides is 3. The fourth-order valence-electron chi connectivity index (χ4n) is 1.76. The molecule has 8 heteroatoms. The van der Waals surface area contributed by atoms with Crippen LogP contribution in [-0.4, -0.2) is 32.4 Å². The second-order valence-electron chi connectivity index (χ2n) is 4.46. The van der Waals surface area contributed by atoms with Gasteiger partial charge in [-0.3, -0.25) is 4.79 Å². The van der Waals surface area contributed by atoms with Crippen LogP contribution in [-0.2, 0) is 11.2 Å². The van der Waals surface area contributed by atoms with E-state index in [1.54, 1.807) is 6.07 Å². The first kappa shape index (κ1) is 20.5. The zero-order chi connectivity index (χ0) is 15.7. The molecule has 1 amide bonds. The fourth-order valence-corrected chi connectivity index (χ4v) is 1.76. The van der Waals surface area contributed by atoms with Gasteiger partial charge < -0.3 is 15.4 Å². The van der Waals surface area contributed by atoms with Crippen LogP contribution in [0.3, 0.4) is 0 Å². The van der Waals surface area contributed by atoms with Crippen molar-refractivity contribution in [1.82, 2.24) is 10.6 Å². The van der Waals surface area contributed by atoms with Gasteiger partial charge in [0.25, 0.3) is 0 Å². The number of para-hydroxylation sites is 1. The standard InChI is InChI=1S/C14H19F3N2O2.ClH/c1-18-9-4-10-19-13(20)8-7-11-5-2-3-6-12(11)21-14(15,16)17;/h2-3,5-6,18H,4,7-10H2,1H3,(H,19,20);1H. The average Bonchev–Trinajstić information content (AvgIpc) is 2.41. The number of hydrogen-bond donors (Lipinski definition) is 2. The summed E-state index contributed by atoms with van der Waals surface area (Å²) < 4.78 is 40.7. The summed E-state index contributed by atoms with van der Waals surface area (Å²) in [5.74, 6) is -0.444. The van der Waals surface area contributed by atoms with Crippen molar-refractivity contribution in [2.24, 2.45) is 0 Å². The van der Waals surface area contributed by atoms with Crippen LogP contribution in [0.15, 0.2) is 24.3 Å². The van der Waals surface area contributed by atoms with Gasteiger partial charge in [-0.1, -0.05) is 18.2 Å². The van der Waals surface area contributed by atoms with E-state index < -0.39 is 6.36 Å². The van der Waals surface area contributed by atoms with E-state index in [2.05, 4.69) is 15.4 Å². The SMILES string of the molecule is CNCCCNC(=O)CCc1ccccc1OC(F)(F)F.Cl. The first-order valence-corrected chi connectivity index (χ1v) is 6.67. The van der Waals surface area contributed by atoms with E-state index in [1.807, 2.05) is 7.05 Å². The van der Waals surface area contributed by atoms with Crippen molar-refractivity contribution in [1.29, 1.82) is 0 Å². The Morgan fingerprint density at radius 2 is 1.91 bits per heavy atom. The highest BCUT2D eigenvalue weighted by atomic mass is 35.5. The Kier molecular flexibility index (Phi) is 9.60. The summed E-state index contributed by atoms with van der Waals surface area (Å²) in [5, 5.41) is 5.67. The molecule has 22 heavy (non-hydrogen) atoms. The van der Waals surface area contributed by atoms with Crippen molar-refractivity contribution in [3.05, 3.63) is 29.8 Å². The Morgan fingerprint density at radius 1 is 1.23 bits per heavy atom. The highest BCUT2D eigenvalue weighted by Crippen LogP contribution is 2.26. The minimum absolute atomic E-state index is 0. The number of carbonyl (C=O) groups is 1. The smallest absolute Gasteiger partial charge is 0.406 e. The van der Waals surface area contributed by atoms with Crippen LogP contribution in [0.1, 0.15) is 18.4 Å². The highest BCUT2D eigenvalue weighted by Gasteiger charge is 2.31. The molecule has 0 aromatic heterocycles. The predicted molar refractivity (Wildman–Crippen MR) is 80.2 cm³/mol. The molecule has 0 atom stereocenters. The molecule has 1 aromatic carbocycles. The molecular weight excluding hydrogens is 321 g/mol. The number of halogens is 4. The van der Waals surface area contributed by atoms with E-state index in [0.29, 0.717) is 12.1 Å². The number of hydrogen-bond acceptors (Lipinski definition) is 3. The Labute approximate surface area is 133 Å². The summed E-state index contributed by atoms with van der Waals surface area (Å²) in [6.07, 6.45) is -3.61. The molecule has 0 aliphatic heterocycles. The number of aryl methyl sites for hydroxylation is 1. The first-order chi connectivity index (χ1) is 9.92. The van der Waals surface area contributed by atoms with Crippen molar-refractivity contribution in [3.63, 3.8) is 0 Å². The molecule has 0 radical (unpaired) electrons. The Bertz CT molecular complexity index is 456. The lowest BCUT2D eigenvalue weighted by molar-refractivity contribution is -0.274. The molecule has 0 fully saturated rings. The molecule has 1 rings (SSSR count). The molecule has 0 bridgehead atoms. The van der Waals surface area contributed by atoms with Crippen molar-refractivity contribution in [2.45, 2.75) is 25.6 Å². The fraction of sp³-hybridized carbons (Fsp3) is 0.500. The summed E-state index contributed by atoms with van der Waals surface area (Å²) >= 11 is 0. The third kappa shape index (κ3) is 8.74. The first-order valence-electron chi connectivity index (χ1n) is 6.67. The zero-order valence-corrected chi connectivity index (χ0v) is 13.0. The van der Waals surface area contributed by atoms with Gasteiger partial charge in [0.15, 0.2) is 0 Å². The lowest BCUT2D eigenvalue weighted by Crippen LogP contribution is -2.26. The third-order valence-electron chi connectivity index (χ3n) is 2.75. The van der Waals surface area contributed by atoms with Gasteiger partial charge in [-0.25, -0.2) is 0 Å². The second-order valence-corrected chi connectivity index (χ2v) is 4.46. The van der Waals surface area contributed by atoms with Crippen LogP contribution >= 0.6 is 12.4 Å². The van der Waals surface area contributed by atoms with E-state index in [4.69, 9.17) is 0 Å². The molecule has 0 spiro atoms. The normalized spacial score (nSPS) is 10.7. The van der Waals surface area contributed by atoms with Gasteiger partial charge in [0.2, 0.25) is 5.91 Å². The van der Waals surface area contributed by atoms with Gasteiger partial charge in [-0.05, 0) is 38.1 Å². The lowest BCUT2D eigenvalue weighted by Gasteiger charge is -2.13. The van der Waals surface area contributed by atoms with Crippen LogP contribution in [0.5, 0.6) is 5.75 Å². The van der Waals surface area contributed by atoms with Crippen LogP contribution < -0.4 is 15.4 Å². The van der Waals surface area contributed by atoms with Crippen LogP contribution in [0.25, 0.3) is 0 Å². The van der Waals surface area contributed by atoms with E-state index in [0.717, 1.165) is 13.0 Å². The minimum atomic E-state index is -4.73. The second kappa shape index (κ2) is 10.3. The van der Waals surface area contributed by atoms with E-state index in [9.17, 15) is 18.0 Å². The van der Waals surface area contributed by atoms with Crippen molar-refractivity contribution >= 4 is 18.3 Å². The molecule has 2 N–H and O–H groups in total. The van der Waals surface area contributed by atoms with Gasteiger partial charge in [0.05, 0.1) is 0 Å².